The van der Waals surface area contributed by atoms with Gasteiger partial charge in [-0.3, -0.25) is 4.68 Å². The van der Waals surface area contributed by atoms with Gasteiger partial charge in [-0.25, -0.2) is 4.39 Å². The van der Waals surface area contributed by atoms with Gasteiger partial charge in [0, 0.05) is 0 Å². The standard InChI is InChI=1S/C15H18FIN2/c1-4-13-15(17)14(5-2)19(18-13)9-11-6-7-12(16)8-10(11)3/h6-8H,4-5,9H2,1-3H3. The predicted octanol–water partition coefficient (Wildman–Crippen LogP) is 4.11. The van der Waals surface area contributed by atoms with Gasteiger partial charge in [0.2, 0.25) is 0 Å². The van der Waals surface area contributed by atoms with Gasteiger partial charge in [-0.15, -0.1) is 0 Å². The smallest absolute Gasteiger partial charge is 0.123 e. The number of nitrogens with zero attached hydrogens (tertiary/aromatic N) is 2. The molecule has 1 aromatic carbocycles. The van der Waals surface area contributed by atoms with Crippen LogP contribution in [0.3, 0.4) is 0 Å². The van der Waals surface area contributed by atoms with Crippen LogP contribution in [0.1, 0.15) is 36.4 Å². The molecule has 1 heterocycles. The third-order valence-corrected chi connectivity index (χ3v) is 4.60. The zero-order valence-corrected chi connectivity index (χ0v) is 13.7. The summed E-state index contributed by atoms with van der Waals surface area (Å²) in [4.78, 5) is 0. The molecule has 19 heavy (non-hydrogen) atoms. The van der Waals surface area contributed by atoms with Crippen LogP contribution in [0.15, 0.2) is 18.2 Å². The van der Waals surface area contributed by atoms with Gasteiger partial charge in [-0.1, -0.05) is 19.9 Å². The highest BCUT2D eigenvalue weighted by atomic mass is 127. The predicted molar refractivity (Wildman–Crippen MR) is 83.9 cm³/mol. The van der Waals surface area contributed by atoms with Crippen LogP contribution in [0.5, 0.6) is 0 Å². The highest BCUT2D eigenvalue weighted by Gasteiger charge is 2.13. The van der Waals surface area contributed by atoms with Crippen molar-refractivity contribution in [3.05, 3.63) is 50.1 Å². The Morgan fingerprint density at radius 2 is 2.00 bits per heavy atom. The molecule has 0 N–H and O–H groups in total. The minimum absolute atomic E-state index is 0.179. The van der Waals surface area contributed by atoms with Crippen molar-refractivity contribution in [3.8, 4) is 0 Å². The second-order valence-electron chi connectivity index (χ2n) is 4.64. The summed E-state index contributed by atoms with van der Waals surface area (Å²) in [6.45, 7) is 6.93. The lowest BCUT2D eigenvalue weighted by atomic mass is 10.1. The fraction of sp³-hybridized carbons (Fsp3) is 0.400. The summed E-state index contributed by atoms with van der Waals surface area (Å²) in [5, 5.41) is 4.67. The van der Waals surface area contributed by atoms with Crippen molar-refractivity contribution >= 4 is 22.6 Å². The lowest BCUT2D eigenvalue weighted by Crippen LogP contribution is -2.07. The van der Waals surface area contributed by atoms with Gasteiger partial charge in [0.15, 0.2) is 0 Å². The summed E-state index contributed by atoms with van der Waals surface area (Å²) in [6, 6.07) is 4.95. The summed E-state index contributed by atoms with van der Waals surface area (Å²) < 4.78 is 16.5. The molecule has 0 radical (unpaired) electrons. The Kier molecular flexibility index (Phi) is 4.60. The van der Waals surface area contributed by atoms with Crippen molar-refractivity contribution in [2.45, 2.75) is 40.2 Å². The van der Waals surface area contributed by atoms with Crippen LogP contribution in [0.2, 0.25) is 0 Å². The topological polar surface area (TPSA) is 17.8 Å². The molecule has 2 rings (SSSR count). The Morgan fingerprint density at radius 1 is 1.26 bits per heavy atom. The van der Waals surface area contributed by atoms with Crippen LogP contribution >= 0.6 is 22.6 Å². The number of benzene rings is 1. The van der Waals surface area contributed by atoms with E-state index in [1.165, 1.54) is 15.3 Å². The Labute approximate surface area is 127 Å². The normalized spacial score (nSPS) is 11.0. The molecule has 0 amide bonds. The van der Waals surface area contributed by atoms with Crippen LogP contribution in [-0.4, -0.2) is 9.78 Å². The second-order valence-corrected chi connectivity index (χ2v) is 5.72. The van der Waals surface area contributed by atoms with E-state index in [0.717, 1.165) is 29.7 Å². The third-order valence-electron chi connectivity index (χ3n) is 3.35. The third kappa shape index (κ3) is 2.99. The SMILES string of the molecule is CCc1nn(Cc2ccc(F)cc2C)c(CC)c1I. The Balaban J connectivity index is 2.37. The summed E-state index contributed by atoms with van der Waals surface area (Å²) in [7, 11) is 0. The zero-order valence-electron chi connectivity index (χ0n) is 11.5. The summed E-state index contributed by atoms with van der Waals surface area (Å²) in [6.07, 6.45) is 1.91. The molecular formula is C15H18FIN2. The molecule has 1 aromatic heterocycles. The average molecular weight is 372 g/mol. The number of rotatable bonds is 4. The first kappa shape index (κ1) is 14.5. The zero-order chi connectivity index (χ0) is 14.0. The highest BCUT2D eigenvalue weighted by Crippen LogP contribution is 2.20. The molecule has 102 valence electrons. The lowest BCUT2D eigenvalue weighted by Gasteiger charge is -2.09. The van der Waals surface area contributed by atoms with E-state index in [9.17, 15) is 4.39 Å². The van der Waals surface area contributed by atoms with E-state index < -0.39 is 0 Å². The maximum atomic E-state index is 13.1. The van der Waals surface area contributed by atoms with Gasteiger partial charge in [0.25, 0.3) is 0 Å². The summed E-state index contributed by atoms with van der Waals surface area (Å²) >= 11 is 2.38. The maximum absolute atomic E-state index is 13.1. The Morgan fingerprint density at radius 3 is 2.58 bits per heavy atom. The lowest BCUT2D eigenvalue weighted by molar-refractivity contribution is 0.616. The van der Waals surface area contributed by atoms with E-state index in [1.807, 2.05) is 13.0 Å². The summed E-state index contributed by atoms with van der Waals surface area (Å²) in [5.41, 5.74) is 4.52. The Hall–Kier alpha value is -0.910. The van der Waals surface area contributed by atoms with Crippen LogP contribution in [0.25, 0.3) is 0 Å². The maximum Gasteiger partial charge on any atom is 0.123 e. The fourth-order valence-corrected chi connectivity index (χ4v) is 3.37. The molecule has 2 aromatic rings. The van der Waals surface area contributed by atoms with Crippen molar-refractivity contribution < 1.29 is 4.39 Å². The first-order chi connectivity index (χ1) is 9.06. The molecule has 0 saturated heterocycles. The number of hydrogen-bond donors (Lipinski definition) is 0. The van der Waals surface area contributed by atoms with Gasteiger partial charge in [-0.05, 0) is 65.6 Å². The van der Waals surface area contributed by atoms with E-state index in [2.05, 4.69) is 46.2 Å². The van der Waals surface area contributed by atoms with Crippen molar-refractivity contribution in [1.29, 1.82) is 0 Å². The fourth-order valence-electron chi connectivity index (χ4n) is 2.22. The first-order valence-corrected chi connectivity index (χ1v) is 7.63. The molecule has 0 atom stereocenters. The quantitative estimate of drug-likeness (QED) is 0.739. The van der Waals surface area contributed by atoms with E-state index in [4.69, 9.17) is 0 Å². The number of aryl methyl sites for hydroxylation is 2. The van der Waals surface area contributed by atoms with Gasteiger partial charge in [0.1, 0.15) is 5.82 Å². The average Bonchev–Trinajstić information content (AvgIpc) is 2.68. The first-order valence-electron chi connectivity index (χ1n) is 6.55. The molecule has 4 heteroatoms. The van der Waals surface area contributed by atoms with E-state index >= 15 is 0 Å². The van der Waals surface area contributed by atoms with Crippen molar-refractivity contribution in [2.24, 2.45) is 0 Å². The van der Waals surface area contributed by atoms with E-state index in [-0.39, 0.29) is 5.82 Å². The number of aromatic nitrogens is 2. The Bertz CT molecular complexity index is 590. The largest absolute Gasteiger partial charge is 0.264 e. The minimum Gasteiger partial charge on any atom is -0.264 e. The molecule has 0 bridgehead atoms. The van der Waals surface area contributed by atoms with Crippen LogP contribution in [0.4, 0.5) is 4.39 Å². The van der Waals surface area contributed by atoms with Gasteiger partial charge in [-0.2, -0.15) is 5.10 Å². The highest BCUT2D eigenvalue weighted by molar-refractivity contribution is 14.1. The van der Waals surface area contributed by atoms with Crippen LogP contribution < -0.4 is 0 Å². The van der Waals surface area contributed by atoms with E-state index in [1.54, 1.807) is 6.07 Å². The van der Waals surface area contributed by atoms with Crippen molar-refractivity contribution in [3.63, 3.8) is 0 Å². The number of hydrogen-bond acceptors (Lipinski definition) is 1. The monoisotopic (exact) mass is 372 g/mol. The van der Waals surface area contributed by atoms with Crippen LogP contribution in [-0.2, 0) is 19.4 Å². The molecule has 0 aliphatic carbocycles. The molecule has 0 fully saturated rings. The second kappa shape index (κ2) is 6.03. The van der Waals surface area contributed by atoms with Crippen molar-refractivity contribution in [2.75, 3.05) is 0 Å². The summed E-state index contributed by atoms with van der Waals surface area (Å²) in [5.74, 6) is -0.179. The van der Waals surface area contributed by atoms with Gasteiger partial charge >= 0.3 is 0 Å². The van der Waals surface area contributed by atoms with Crippen LogP contribution in [0, 0.1) is 16.3 Å². The number of halogens is 2. The van der Waals surface area contributed by atoms with Gasteiger partial charge in [0.05, 0.1) is 21.5 Å². The van der Waals surface area contributed by atoms with E-state index in [0.29, 0.717) is 6.54 Å². The molecule has 0 aliphatic rings. The minimum atomic E-state index is -0.179. The van der Waals surface area contributed by atoms with Gasteiger partial charge < -0.3 is 0 Å². The van der Waals surface area contributed by atoms with Crippen molar-refractivity contribution in [1.82, 2.24) is 9.78 Å². The molecule has 0 unspecified atom stereocenters. The molecule has 0 spiro atoms. The molecule has 2 nitrogen and oxygen atoms in total. The molecule has 0 aliphatic heterocycles. The molecule has 0 saturated carbocycles. The molecular weight excluding hydrogens is 354 g/mol.